The average Bonchev–Trinajstić information content (AvgIpc) is 2.92. The maximum Gasteiger partial charge on any atom is 0.241 e. The molecule has 0 radical (unpaired) electrons. The normalized spacial score (nSPS) is 22.9. The number of hydrogen-bond donors (Lipinski definition) is 1. The summed E-state index contributed by atoms with van der Waals surface area (Å²) in [5.41, 5.74) is 2.33. The minimum absolute atomic E-state index is 0.157. The molecule has 20 heavy (non-hydrogen) atoms. The molecule has 1 aromatic carbocycles. The first-order valence-electron chi connectivity index (χ1n) is 7.53. The number of fused-ring (bicyclic) bond motifs is 1. The van der Waals surface area contributed by atoms with Crippen LogP contribution in [0.5, 0.6) is 0 Å². The average molecular weight is 274 g/mol. The van der Waals surface area contributed by atoms with Gasteiger partial charge in [0.05, 0.1) is 13.2 Å². The lowest BCUT2D eigenvalue weighted by atomic mass is 10.0. The number of aliphatic hydroxyl groups is 1. The van der Waals surface area contributed by atoms with Crippen LogP contribution in [0.25, 0.3) is 0 Å². The fourth-order valence-electron chi connectivity index (χ4n) is 3.33. The van der Waals surface area contributed by atoms with E-state index in [0.717, 1.165) is 44.5 Å². The van der Waals surface area contributed by atoms with Crippen molar-refractivity contribution in [2.75, 3.05) is 31.1 Å². The van der Waals surface area contributed by atoms with E-state index in [4.69, 9.17) is 0 Å². The van der Waals surface area contributed by atoms with E-state index in [0.29, 0.717) is 6.54 Å². The topological polar surface area (TPSA) is 43.8 Å². The Morgan fingerprint density at radius 2 is 2.10 bits per heavy atom. The van der Waals surface area contributed by atoms with E-state index in [9.17, 15) is 9.90 Å². The number of benzene rings is 1. The molecule has 1 N–H and O–H groups in total. The first-order chi connectivity index (χ1) is 9.79. The molecule has 1 saturated heterocycles. The summed E-state index contributed by atoms with van der Waals surface area (Å²) in [6, 6.07) is 8.30. The monoisotopic (exact) mass is 274 g/mol. The molecule has 3 rings (SSSR count). The van der Waals surface area contributed by atoms with Crippen LogP contribution in [0.4, 0.5) is 5.69 Å². The van der Waals surface area contributed by atoms with Crippen LogP contribution >= 0.6 is 0 Å². The molecule has 1 unspecified atom stereocenters. The Morgan fingerprint density at radius 1 is 1.25 bits per heavy atom. The summed E-state index contributed by atoms with van der Waals surface area (Å²) in [6.07, 6.45) is 4.23. The Balaban J connectivity index is 1.68. The van der Waals surface area contributed by atoms with Gasteiger partial charge in [-0.2, -0.15) is 0 Å². The van der Waals surface area contributed by atoms with Gasteiger partial charge < -0.3 is 10.0 Å². The van der Waals surface area contributed by atoms with Gasteiger partial charge in [0.25, 0.3) is 0 Å². The van der Waals surface area contributed by atoms with Crippen molar-refractivity contribution < 1.29 is 9.90 Å². The number of carbonyl (C=O) groups excluding carboxylic acids is 1. The van der Waals surface area contributed by atoms with Gasteiger partial charge in [0.1, 0.15) is 0 Å². The number of para-hydroxylation sites is 1. The highest BCUT2D eigenvalue weighted by Gasteiger charge is 2.28. The van der Waals surface area contributed by atoms with Crippen molar-refractivity contribution >= 4 is 11.6 Å². The van der Waals surface area contributed by atoms with Crippen molar-refractivity contribution in [2.45, 2.75) is 31.7 Å². The third kappa shape index (κ3) is 2.58. The van der Waals surface area contributed by atoms with Crippen LogP contribution in [-0.4, -0.2) is 48.2 Å². The first-order valence-corrected chi connectivity index (χ1v) is 7.53. The molecule has 1 amide bonds. The van der Waals surface area contributed by atoms with Crippen LogP contribution in [0, 0.1) is 0 Å². The number of anilines is 1. The van der Waals surface area contributed by atoms with Gasteiger partial charge in [0, 0.05) is 18.3 Å². The largest absolute Gasteiger partial charge is 0.395 e. The highest BCUT2D eigenvalue weighted by Crippen LogP contribution is 2.28. The molecule has 0 aliphatic carbocycles. The van der Waals surface area contributed by atoms with E-state index in [1.165, 1.54) is 5.56 Å². The molecule has 0 aromatic heterocycles. The molecule has 0 saturated carbocycles. The molecule has 2 heterocycles. The number of amides is 1. The summed E-state index contributed by atoms with van der Waals surface area (Å²) in [7, 11) is 0. The maximum absolute atomic E-state index is 12.5. The summed E-state index contributed by atoms with van der Waals surface area (Å²) >= 11 is 0. The van der Waals surface area contributed by atoms with Gasteiger partial charge in [-0.25, -0.2) is 0 Å². The second-order valence-electron chi connectivity index (χ2n) is 5.73. The zero-order chi connectivity index (χ0) is 13.9. The van der Waals surface area contributed by atoms with Crippen LogP contribution in [0.2, 0.25) is 0 Å². The van der Waals surface area contributed by atoms with Crippen molar-refractivity contribution in [3.8, 4) is 0 Å². The second kappa shape index (κ2) is 5.94. The van der Waals surface area contributed by atoms with Crippen LogP contribution in [0.3, 0.4) is 0 Å². The Bertz CT molecular complexity index is 489. The van der Waals surface area contributed by atoms with Crippen molar-refractivity contribution in [3.63, 3.8) is 0 Å². The summed E-state index contributed by atoms with van der Waals surface area (Å²) < 4.78 is 0. The van der Waals surface area contributed by atoms with E-state index in [-0.39, 0.29) is 18.6 Å². The van der Waals surface area contributed by atoms with Crippen molar-refractivity contribution in [2.24, 2.45) is 0 Å². The van der Waals surface area contributed by atoms with Crippen LogP contribution < -0.4 is 4.90 Å². The van der Waals surface area contributed by atoms with Crippen LogP contribution in [0.15, 0.2) is 24.3 Å². The number of likely N-dealkylation sites (tertiary alicyclic amines) is 1. The SMILES string of the molecule is O=C(CN1CCCCC1CO)N1CCc2ccccc21. The van der Waals surface area contributed by atoms with Crippen molar-refractivity contribution in [1.82, 2.24) is 4.90 Å². The highest BCUT2D eigenvalue weighted by atomic mass is 16.3. The lowest BCUT2D eigenvalue weighted by Gasteiger charge is -2.35. The zero-order valence-corrected chi connectivity index (χ0v) is 11.8. The zero-order valence-electron chi connectivity index (χ0n) is 11.8. The number of rotatable bonds is 3. The van der Waals surface area contributed by atoms with Gasteiger partial charge in [0.15, 0.2) is 0 Å². The molecule has 108 valence electrons. The predicted octanol–water partition coefficient (Wildman–Crippen LogP) is 1.42. The molecular weight excluding hydrogens is 252 g/mol. The number of piperidine rings is 1. The predicted molar refractivity (Wildman–Crippen MR) is 78.8 cm³/mol. The number of nitrogens with zero attached hydrogens (tertiary/aromatic N) is 2. The van der Waals surface area contributed by atoms with E-state index in [2.05, 4.69) is 11.0 Å². The molecule has 1 atom stereocenters. The number of aliphatic hydroxyl groups excluding tert-OH is 1. The van der Waals surface area contributed by atoms with Gasteiger partial charge in [0.2, 0.25) is 5.91 Å². The fraction of sp³-hybridized carbons (Fsp3) is 0.562. The number of carbonyl (C=O) groups is 1. The Labute approximate surface area is 120 Å². The molecule has 0 bridgehead atoms. The Morgan fingerprint density at radius 3 is 2.95 bits per heavy atom. The minimum Gasteiger partial charge on any atom is -0.395 e. The van der Waals surface area contributed by atoms with Gasteiger partial charge in [-0.3, -0.25) is 9.69 Å². The third-order valence-electron chi connectivity index (χ3n) is 4.49. The molecule has 2 aliphatic rings. The molecule has 1 aromatic rings. The fourth-order valence-corrected chi connectivity index (χ4v) is 3.33. The van der Waals surface area contributed by atoms with E-state index in [1.807, 2.05) is 23.1 Å². The van der Waals surface area contributed by atoms with Crippen LogP contribution in [0.1, 0.15) is 24.8 Å². The van der Waals surface area contributed by atoms with E-state index >= 15 is 0 Å². The number of hydrogen-bond acceptors (Lipinski definition) is 3. The molecule has 4 heteroatoms. The van der Waals surface area contributed by atoms with Crippen LogP contribution in [-0.2, 0) is 11.2 Å². The molecule has 4 nitrogen and oxygen atoms in total. The van der Waals surface area contributed by atoms with Gasteiger partial charge in [-0.1, -0.05) is 24.6 Å². The van der Waals surface area contributed by atoms with Crippen molar-refractivity contribution in [3.05, 3.63) is 29.8 Å². The molecule has 1 fully saturated rings. The first kappa shape index (κ1) is 13.6. The van der Waals surface area contributed by atoms with Gasteiger partial charge in [-0.15, -0.1) is 0 Å². The lowest BCUT2D eigenvalue weighted by molar-refractivity contribution is -0.120. The summed E-state index contributed by atoms with van der Waals surface area (Å²) in [5, 5.41) is 9.43. The van der Waals surface area contributed by atoms with Crippen molar-refractivity contribution in [1.29, 1.82) is 0 Å². The molecular formula is C16H22N2O2. The quantitative estimate of drug-likeness (QED) is 0.906. The molecule has 0 spiro atoms. The second-order valence-corrected chi connectivity index (χ2v) is 5.73. The summed E-state index contributed by atoms with van der Waals surface area (Å²) in [4.78, 5) is 16.6. The highest BCUT2D eigenvalue weighted by molar-refractivity contribution is 5.96. The minimum atomic E-state index is 0.157. The van der Waals surface area contributed by atoms with Gasteiger partial charge in [-0.05, 0) is 37.4 Å². The standard InChI is InChI=1S/C16H22N2O2/c19-12-14-6-3-4-9-17(14)11-16(20)18-10-8-13-5-1-2-7-15(13)18/h1-2,5,7,14,19H,3-4,6,8-12H2. The maximum atomic E-state index is 12.5. The third-order valence-corrected chi connectivity index (χ3v) is 4.49. The lowest BCUT2D eigenvalue weighted by Crippen LogP contribution is -2.48. The van der Waals surface area contributed by atoms with Gasteiger partial charge >= 0.3 is 0 Å². The van der Waals surface area contributed by atoms with E-state index < -0.39 is 0 Å². The summed E-state index contributed by atoms with van der Waals surface area (Å²) in [5.74, 6) is 0.162. The Kier molecular flexibility index (Phi) is 4.03. The Hall–Kier alpha value is -1.39. The molecule has 2 aliphatic heterocycles. The van der Waals surface area contributed by atoms with E-state index in [1.54, 1.807) is 0 Å². The smallest absolute Gasteiger partial charge is 0.241 e. The summed E-state index contributed by atoms with van der Waals surface area (Å²) in [6.45, 7) is 2.30.